The first-order valence-corrected chi connectivity index (χ1v) is 7.17. The van der Waals surface area contributed by atoms with Gasteiger partial charge in [-0.3, -0.25) is 4.98 Å². The number of anilines is 1. The number of aromatic nitrogens is 3. The van der Waals surface area contributed by atoms with Gasteiger partial charge in [0.15, 0.2) is 0 Å². The molecular weight excluding hydrogens is 282 g/mol. The van der Waals surface area contributed by atoms with E-state index in [1.807, 2.05) is 18.3 Å². The van der Waals surface area contributed by atoms with Crippen LogP contribution in [0.1, 0.15) is 6.42 Å². The van der Waals surface area contributed by atoms with Crippen LogP contribution in [0.4, 0.5) is 10.5 Å². The SMILES string of the molecule is O=C(O)NC1CCN(c2ccnc3cnc4[nH]ccc4c23)C1. The van der Waals surface area contributed by atoms with Crippen molar-refractivity contribution in [2.24, 2.45) is 0 Å². The number of carbonyl (C=O) groups is 1. The van der Waals surface area contributed by atoms with Crippen molar-refractivity contribution in [2.45, 2.75) is 12.5 Å². The number of nitrogens with one attached hydrogen (secondary N) is 2. The van der Waals surface area contributed by atoms with Gasteiger partial charge in [-0.05, 0) is 18.6 Å². The zero-order valence-electron chi connectivity index (χ0n) is 11.8. The predicted molar refractivity (Wildman–Crippen MR) is 83.2 cm³/mol. The molecular formula is C15H15N5O2. The van der Waals surface area contributed by atoms with E-state index in [0.717, 1.165) is 40.6 Å². The molecule has 0 aliphatic carbocycles. The lowest BCUT2D eigenvalue weighted by Crippen LogP contribution is -2.36. The van der Waals surface area contributed by atoms with E-state index in [9.17, 15) is 4.79 Å². The molecule has 4 rings (SSSR count). The summed E-state index contributed by atoms with van der Waals surface area (Å²) >= 11 is 0. The van der Waals surface area contributed by atoms with E-state index in [0.29, 0.717) is 6.54 Å². The molecule has 0 spiro atoms. The molecule has 7 heteroatoms. The summed E-state index contributed by atoms with van der Waals surface area (Å²) in [6, 6.07) is 3.95. The van der Waals surface area contributed by atoms with Crippen LogP contribution in [0.3, 0.4) is 0 Å². The average Bonchev–Trinajstić information content (AvgIpc) is 3.14. The van der Waals surface area contributed by atoms with Crippen LogP contribution in [0.2, 0.25) is 0 Å². The Morgan fingerprint density at radius 1 is 1.41 bits per heavy atom. The molecule has 0 aromatic carbocycles. The molecule has 1 aliphatic heterocycles. The van der Waals surface area contributed by atoms with E-state index in [-0.39, 0.29) is 6.04 Å². The van der Waals surface area contributed by atoms with Crippen molar-refractivity contribution in [3.8, 4) is 0 Å². The second kappa shape index (κ2) is 4.87. The lowest BCUT2D eigenvalue weighted by atomic mass is 10.1. The lowest BCUT2D eigenvalue weighted by Gasteiger charge is -2.20. The van der Waals surface area contributed by atoms with Gasteiger partial charge in [0, 0.05) is 41.9 Å². The van der Waals surface area contributed by atoms with Crippen LogP contribution in [-0.2, 0) is 0 Å². The van der Waals surface area contributed by atoms with Crippen molar-refractivity contribution in [2.75, 3.05) is 18.0 Å². The van der Waals surface area contributed by atoms with Crippen molar-refractivity contribution in [3.05, 3.63) is 30.7 Å². The van der Waals surface area contributed by atoms with Crippen LogP contribution >= 0.6 is 0 Å². The summed E-state index contributed by atoms with van der Waals surface area (Å²) in [6.45, 7) is 1.48. The molecule has 3 aromatic rings. The number of aromatic amines is 1. The molecule has 3 aromatic heterocycles. The van der Waals surface area contributed by atoms with Gasteiger partial charge in [0.1, 0.15) is 5.65 Å². The number of fused-ring (bicyclic) bond motifs is 3. The number of hydrogen-bond donors (Lipinski definition) is 3. The highest BCUT2D eigenvalue weighted by Gasteiger charge is 2.25. The Labute approximate surface area is 126 Å². The lowest BCUT2D eigenvalue weighted by molar-refractivity contribution is 0.191. The summed E-state index contributed by atoms with van der Waals surface area (Å²) in [7, 11) is 0. The summed E-state index contributed by atoms with van der Waals surface area (Å²) < 4.78 is 0. The fourth-order valence-corrected chi connectivity index (χ4v) is 3.17. The third-order valence-corrected chi connectivity index (χ3v) is 4.13. The summed E-state index contributed by atoms with van der Waals surface area (Å²) in [5.74, 6) is 0. The first-order valence-electron chi connectivity index (χ1n) is 7.17. The minimum atomic E-state index is -0.969. The molecule has 112 valence electrons. The number of nitrogens with zero attached hydrogens (tertiary/aromatic N) is 3. The molecule has 0 saturated carbocycles. The summed E-state index contributed by atoms with van der Waals surface area (Å²) in [5, 5.41) is 13.5. The maximum Gasteiger partial charge on any atom is 0.404 e. The molecule has 22 heavy (non-hydrogen) atoms. The molecule has 1 atom stereocenters. The van der Waals surface area contributed by atoms with Gasteiger partial charge in [-0.2, -0.15) is 0 Å². The fourth-order valence-electron chi connectivity index (χ4n) is 3.17. The Kier molecular flexibility index (Phi) is 2.85. The minimum Gasteiger partial charge on any atom is -0.465 e. The van der Waals surface area contributed by atoms with Crippen molar-refractivity contribution in [3.63, 3.8) is 0 Å². The van der Waals surface area contributed by atoms with Crippen molar-refractivity contribution >= 4 is 33.7 Å². The van der Waals surface area contributed by atoms with Gasteiger partial charge >= 0.3 is 6.09 Å². The predicted octanol–water partition coefficient (Wildman–Crippen LogP) is 1.96. The smallest absolute Gasteiger partial charge is 0.404 e. The number of hydrogen-bond acceptors (Lipinski definition) is 4. The zero-order chi connectivity index (χ0) is 15.1. The third kappa shape index (κ3) is 2.02. The van der Waals surface area contributed by atoms with Crippen molar-refractivity contribution < 1.29 is 9.90 Å². The Balaban J connectivity index is 1.79. The highest BCUT2D eigenvalue weighted by atomic mass is 16.4. The van der Waals surface area contributed by atoms with Gasteiger partial charge in [0.25, 0.3) is 0 Å². The molecule has 0 bridgehead atoms. The van der Waals surface area contributed by atoms with Gasteiger partial charge in [0.05, 0.1) is 17.8 Å². The number of amides is 1. The molecule has 3 N–H and O–H groups in total. The number of H-pyrrole nitrogens is 1. The number of pyridine rings is 2. The average molecular weight is 297 g/mol. The minimum absolute atomic E-state index is 0.0377. The molecule has 1 amide bonds. The normalized spacial score (nSPS) is 18.2. The zero-order valence-corrected chi connectivity index (χ0v) is 11.8. The van der Waals surface area contributed by atoms with Crippen LogP contribution in [0.25, 0.3) is 21.9 Å². The van der Waals surface area contributed by atoms with Gasteiger partial charge in [0.2, 0.25) is 0 Å². The maximum absolute atomic E-state index is 10.8. The Hall–Kier alpha value is -2.83. The van der Waals surface area contributed by atoms with Crippen molar-refractivity contribution in [1.29, 1.82) is 0 Å². The maximum atomic E-state index is 10.8. The third-order valence-electron chi connectivity index (χ3n) is 4.13. The number of rotatable bonds is 2. The molecule has 1 saturated heterocycles. The highest BCUT2D eigenvalue weighted by molar-refractivity contribution is 6.10. The van der Waals surface area contributed by atoms with E-state index in [4.69, 9.17) is 5.11 Å². The Morgan fingerprint density at radius 2 is 2.32 bits per heavy atom. The van der Waals surface area contributed by atoms with Gasteiger partial charge in [-0.1, -0.05) is 0 Å². The molecule has 7 nitrogen and oxygen atoms in total. The second-order valence-corrected chi connectivity index (χ2v) is 5.47. The van der Waals surface area contributed by atoms with E-state index < -0.39 is 6.09 Å². The van der Waals surface area contributed by atoms with Crippen LogP contribution in [0.5, 0.6) is 0 Å². The first-order chi connectivity index (χ1) is 10.7. The standard InChI is InChI=1S/C15H15N5O2/c21-15(22)19-9-3-6-20(8-9)12-2-5-16-11-7-18-14-10(13(11)12)1-4-17-14/h1-2,4-5,7,9,19H,3,6,8H2,(H,17,18)(H,21,22). The number of carboxylic acid groups (broad SMARTS) is 1. The van der Waals surface area contributed by atoms with Crippen LogP contribution in [-0.4, -0.2) is 45.3 Å². The van der Waals surface area contributed by atoms with Gasteiger partial charge in [-0.25, -0.2) is 9.78 Å². The molecule has 1 aliphatic rings. The molecule has 1 unspecified atom stereocenters. The summed E-state index contributed by atoms with van der Waals surface area (Å²) in [6.07, 6.45) is 5.24. The summed E-state index contributed by atoms with van der Waals surface area (Å²) in [5.41, 5.74) is 2.76. The highest BCUT2D eigenvalue weighted by Crippen LogP contribution is 2.32. The van der Waals surface area contributed by atoms with Crippen LogP contribution < -0.4 is 10.2 Å². The van der Waals surface area contributed by atoms with E-state index >= 15 is 0 Å². The molecule has 1 fully saturated rings. The van der Waals surface area contributed by atoms with E-state index in [1.54, 1.807) is 12.4 Å². The van der Waals surface area contributed by atoms with Crippen molar-refractivity contribution in [1.82, 2.24) is 20.3 Å². The molecule has 4 heterocycles. The second-order valence-electron chi connectivity index (χ2n) is 5.47. The summed E-state index contributed by atoms with van der Waals surface area (Å²) in [4.78, 5) is 24.9. The topological polar surface area (TPSA) is 94.1 Å². The quantitative estimate of drug-likeness (QED) is 0.672. The first kappa shape index (κ1) is 12.9. The van der Waals surface area contributed by atoms with E-state index in [1.165, 1.54) is 0 Å². The Morgan fingerprint density at radius 3 is 3.18 bits per heavy atom. The van der Waals surface area contributed by atoms with Crippen LogP contribution in [0, 0.1) is 0 Å². The largest absolute Gasteiger partial charge is 0.465 e. The Bertz CT molecular complexity index is 859. The van der Waals surface area contributed by atoms with Gasteiger partial charge < -0.3 is 20.3 Å². The fraction of sp³-hybridized carbons (Fsp3) is 0.267. The molecule has 0 radical (unpaired) electrons. The van der Waals surface area contributed by atoms with Crippen LogP contribution in [0.15, 0.2) is 30.7 Å². The monoisotopic (exact) mass is 297 g/mol. The van der Waals surface area contributed by atoms with E-state index in [2.05, 4.69) is 25.2 Å². The van der Waals surface area contributed by atoms with Gasteiger partial charge in [-0.15, -0.1) is 0 Å².